The van der Waals surface area contributed by atoms with Crippen molar-refractivity contribution in [1.82, 2.24) is 9.97 Å². The first-order valence-corrected chi connectivity index (χ1v) is 7.04. The van der Waals surface area contributed by atoms with Crippen molar-refractivity contribution in [3.8, 4) is 0 Å². The van der Waals surface area contributed by atoms with Gasteiger partial charge in [0.05, 0.1) is 11.4 Å². The van der Waals surface area contributed by atoms with Crippen molar-refractivity contribution in [3.05, 3.63) is 30.5 Å². The van der Waals surface area contributed by atoms with Crippen molar-refractivity contribution < 1.29 is 9.90 Å². The van der Waals surface area contributed by atoms with E-state index in [4.69, 9.17) is 0 Å². The SMILES string of the molecule is CC(C)(C)CC(CNc1ncc2ccccc2n1)C(=O)O. The molecule has 0 saturated carbocycles. The maximum Gasteiger partial charge on any atom is 0.308 e. The fourth-order valence-corrected chi connectivity index (χ4v) is 2.26. The second-order valence-electron chi connectivity index (χ2n) is 6.43. The first-order chi connectivity index (χ1) is 9.85. The summed E-state index contributed by atoms with van der Waals surface area (Å²) in [5.74, 6) is -0.785. The number of nitrogens with zero attached hydrogens (tertiary/aromatic N) is 2. The van der Waals surface area contributed by atoms with Gasteiger partial charge in [-0.1, -0.05) is 39.0 Å². The molecule has 1 aromatic carbocycles. The highest BCUT2D eigenvalue weighted by atomic mass is 16.4. The van der Waals surface area contributed by atoms with Crippen LogP contribution in [0.2, 0.25) is 0 Å². The molecule has 0 aliphatic carbocycles. The normalized spacial score (nSPS) is 13.1. The molecule has 1 aromatic heterocycles. The third-order valence-electron chi connectivity index (χ3n) is 3.20. The second kappa shape index (κ2) is 6.08. The Balaban J connectivity index is 2.06. The fourth-order valence-electron chi connectivity index (χ4n) is 2.26. The zero-order valence-electron chi connectivity index (χ0n) is 12.6. The van der Waals surface area contributed by atoms with Crippen LogP contribution in [-0.4, -0.2) is 27.6 Å². The zero-order valence-corrected chi connectivity index (χ0v) is 12.6. The van der Waals surface area contributed by atoms with E-state index in [9.17, 15) is 9.90 Å². The van der Waals surface area contributed by atoms with E-state index >= 15 is 0 Å². The van der Waals surface area contributed by atoms with Gasteiger partial charge < -0.3 is 10.4 Å². The molecular formula is C16H21N3O2. The number of para-hydroxylation sites is 1. The van der Waals surface area contributed by atoms with Gasteiger partial charge in [-0.15, -0.1) is 0 Å². The van der Waals surface area contributed by atoms with Gasteiger partial charge in [0.1, 0.15) is 0 Å². The number of aromatic nitrogens is 2. The molecule has 2 rings (SSSR count). The third kappa shape index (κ3) is 4.41. The molecule has 2 N–H and O–H groups in total. The maximum atomic E-state index is 11.3. The number of benzene rings is 1. The summed E-state index contributed by atoms with van der Waals surface area (Å²) in [5.41, 5.74) is 0.812. The van der Waals surface area contributed by atoms with Gasteiger partial charge in [0.15, 0.2) is 0 Å². The molecule has 1 heterocycles. The summed E-state index contributed by atoms with van der Waals surface area (Å²) in [5, 5.41) is 13.3. The highest BCUT2D eigenvalue weighted by molar-refractivity contribution is 5.78. The molecule has 1 unspecified atom stereocenters. The molecule has 0 saturated heterocycles. The number of rotatable bonds is 5. The van der Waals surface area contributed by atoms with E-state index < -0.39 is 11.9 Å². The lowest BCUT2D eigenvalue weighted by Gasteiger charge is -2.23. The Morgan fingerprint density at radius 1 is 1.33 bits per heavy atom. The Morgan fingerprint density at radius 2 is 2.05 bits per heavy atom. The van der Waals surface area contributed by atoms with Crippen molar-refractivity contribution in [1.29, 1.82) is 0 Å². The van der Waals surface area contributed by atoms with Gasteiger partial charge in [0.25, 0.3) is 0 Å². The molecule has 0 spiro atoms. The number of aliphatic carboxylic acids is 1. The van der Waals surface area contributed by atoms with Crippen LogP contribution >= 0.6 is 0 Å². The van der Waals surface area contributed by atoms with Gasteiger partial charge >= 0.3 is 5.97 Å². The highest BCUT2D eigenvalue weighted by Crippen LogP contribution is 2.24. The van der Waals surface area contributed by atoms with Crippen molar-refractivity contribution in [3.63, 3.8) is 0 Å². The number of hydrogen-bond donors (Lipinski definition) is 2. The molecule has 0 aliphatic rings. The standard InChI is InChI=1S/C16H21N3O2/c1-16(2,3)8-12(14(20)21)10-18-15-17-9-11-6-4-5-7-13(11)19-15/h4-7,9,12H,8,10H2,1-3H3,(H,20,21)(H,17,18,19). The van der Waals surface area contributed by atoms with Crippen molar-refractivity contribution in [2.45, 2.75) is 27.2 Å². The molecule has 112 valence electrons. The Bertz CT molecular complexity index is 635. The molecule has 0 aliphatic heterocycles. The molecule has 1 atom stereocenters. The average Bonchev–Trinajstić information content (AvgIpc) is 2.41. The van der Waals surface area contributed by atoms with Crippen LogP contribution in [0.25, 0.3) is 10.9 Å². The Morgan fingerprint density at radius 3 is 2.71 bits per heavy atom. The highest BCUT2D eigenvalue weighted by Gasteiger charge is 2.24. The van der Waals surface area contributed by atoms with Crippen molar-refractivity contribution in [2.75, 3.05) is 11.9 Å². The molecule has 0 bridgehead atoms. The summed E-state index contributed by atoms with van der Waals surface area (Å²) in [4.78, 5) is 19.9. The van der Waals surface area contributed by atoms with Crippen LogP contribution in [0.4, 0.5) is 5.95 Å². The minimum Gasteiger partial charge on any atom is -0.481 e. The van der Waals surface area contributed by atoms with E-state index in [2.05, 4.69) is 15.3 Å². The Labute approximate surface area is 124 Å². The number of carbonyl (C=O) groups is 1. The first-order valence-electron chi connectivity index (χ1n) is 7.04. The van der Waals surface area contributed by atoms with Gasteiger partial charge in [0.2, 0.25) is 5.95 Å². The smallest absolute Gasteiger partial charge is 0.308 e. The Kier molecular flexibility index (Phi) is 4.40. The number of carboxylic acid groups (broad SMARTS) is 1. The van der Waals surface area contributed by atoms with Crippen LogP contribution in [-0.2, 0) is 4.79 Å². The average molecular weight is 287 g/mol. The van der Waals surface area contributed by atoms with Crippen LogP contribution in [0.5, 0.6) is 0 Å². The van der Waals surface area contributed by atoms with Crippen LogP contribution < -0.4 is 5.32 Å². The third-order valence-corrected chi connectivity index (χ3v) is 3.20. The van der Waals surface area contributed by atoms with Crippen LogP contribution in [0.3, 0.4) is 0 Å². The Hall–Kier alpha value is -2.17. The lowest BCUT2D eigenvalue weighted by atomic mass is 9.84. The first kappa shape index (κ1) is 15.2. The predicted octanol–water partition coefficient (Wildman–Crippen LogP) is 3.18. The molecule has 2 aromatic rings. The predicted molar refractivity (Wildman–Crippen MR) is 83.2 cm³/mol. The lowest BCUT2D eigenvalue weighted by molar-refractivity contribution is -0.142. The topological polar surface area (TPSA) is 75.1 Å². The van der Waals surface area contributed by atoms with E-state index in [0.717, 1.165) is 10.9 Å². The number of nitrogens with one attached hydrogen (secondary N) is 1. The van der Waals surface area contributed by atoms with E-state index in [0.29, 0.717) is 18.9 Å². The molecule has 5 heteroatoms. The van der Waals surface area contributed by atoms with Crippen molar-refractivity contribution >= 4 is 22.8 Å². The van der Waals surface area contributed by atoms with Crippen LogP contribution in [0.1, 0.15) is 27.2 Å². The molecule has 5 nitrogen and oxygen atoms in total. The lowest BCUT2D eigenvalue weighted by Crippen LogP contribution is -2.27. The monoisotopic (exact) mass is 287 g/mol. The van der Waals surface area contributed by atoms with E-state index in [1.54, 1.807) is 6.20 Å². The molecule has 0 amide bonds. The summed E-state index contributed by atoms with van der Waals surface area (Å²) in [6.07, 6.45) is 2.34. The summed E-state index contributed by atoms with van der Waals surface area (Å²) in [7, 11) is 0. The second-order valence-corrected chi connectivity index (χ2v) is 6.43. The van der Waals surface area contributed by atoms with E-state index in [1.807, 2.05) is 45.0 Å². The molecule has 0 fully saturated rings. The van der Waals surface area contributed by atoms with Gasteiger partial charge in [-0.3, -0.25) is 4.79 Å². The van der Waals surface area contributed by atoms with Gasteiger partial charge in [0, 0.05) is 18.1 Å². The van der Waals surface area contributed by atoms with E-state index in [1.165, 1.54) is 0 Å². The molecule has 0 radical (unpaired) electrons. The minimum atomic E-state index is -0.793. The minimum absolute atomic E-state index is 0.0328. The van der Waals surface area contributed by atoms with Crippen LogP contribution in [0.15, 0.2) is 30.5 Å². The number of anilines is 1. The maximum absolute atomic E-state index is 11.3. The van der Waals surface area contributed by atoms with Gasteiger partial charge in [-0.2, -0.15) is 0 Å². The summed E-state index contributed by atoms with van der Waals surface area (Å²) in [6.45, 7) is 6.44. The number of hydrogen-bond acceptors (Lipinski definition) is 4. The fraction of sp³-hybridized carbons (Fsp3) is 0.438. The quantitative estimate of drug-likeness (QED) is 0.883. The zero-order chi connectivity index (χ0) is 15.5. The summed E-state index contributed by atoms with van der Waals surface area (Å²) < 4.78 is 0. The van der Waals surface area contributed by atoms with Crippen molar-refractivity contribution in [2.24, 2.45) is 11.3 Å². The number of fused-ring (bicyclic) bond motifs is 1. The number of carboxylic acids is 1. The summed E-state index contributed by atoms with van der Waals surface area (Å²) >= 11 is 0. The summed E-state index contributed by atoms with van der Waals surface area (Å²) in [6, 6.07) is 7.70. The van der Waals surface area contributed by atoms with Crippen LogP contribution in [0, 0.1) is 11.3 Å². The largest absolute Gasteiger partial charge is 0.481 e. The molecule has 21 heavy (non-hydrogen) atoms. The van der Waals surface area contributed by atoms with Gasteiger partial charge in [-0.05, 0) is 17.9 Å². The van der Waals surface area contributed by atoms with Gasteiger partial charge in [-0.25, -0.2) is 9.97 Å². The molecular weight excluding hydrogens is 266 g/mol. The van der Waals surface area contributed by atoms with E-state index in [-0.39, 0.29) is 5.41 Å².